The molecule has 0 aliphatic rings. The first-order chi connectivity index (χ1) is 33.8. The van der Waals surface area contributed by atoms with E-state index in [9.17, 15) is 43.8 Å². The third kappa shape index (κ3) is 49.9. The maximum absolute atomic E-state index is 12.2. The molecule has 0 aromatic rings. The first-order valence-electron chi connectivity index (χ1n) is 25.6. The molecule has 0 amide bonds. The fourth-order valence-corrected chi connectivity index (χ4v) is 7.66. The molecule has 0 saturated heterocycles. The number of unbranched alkanes of at least 4 members (excludes halogenated alkanes) is 12. The van der Waals surface area contributed by atoms with Crippen LogP contribution in [0.3, 0.4) is 0 Å². The van der Waals surface area contributed by atoms with Gasteiger partial charge in [0.2, 0.25) is 0 Å². The molecule has 0 saturated carbocycles. The van der Waals surface area contributed by atoms with Crippen LogP contribution in [-0.4, -0.2) is 95.0 Å². The highest BCUT2D eigenvalue weighted by Crippen LogP contribution is 2.45. The molecule has 5 N–H and O–H groups in total. The SMILES string of the molecule is CC/C=C\C/C=C\C/C=C\C/C=C\C/C=C\CCCCCCCC(=O)OCC(O)COP(=O)(O)OCC(O)COP(=O)(O)OCC(O)COC(=O)CCCCCC/C=C\C/C=C\C/C=C\CCCCC. The molecule has 70 heavy (non-hydrogen) atoms. The van der Waals surface area contributed by atoms with Gasteiger partial charge in [0.15, 0.2) is 0 Å². The molecule has 0 spiro atoms. The molecule has 5 unspecified atom stereocenters. The van der Waals surface area contributed by atoms with Crippen molar-refractivity contribution in [2.45, 2.75) is 186 Å². The molecular weight excluding hydrogens is 939 g/mol. The van der Waals surface area contributed by atoms with Gasteiger partial charge in [-0.15, -0.1) is 0 Å². The minimum atomic E-state index is -4.80. The van der Waals surface area contributed by atoms with Gasteiger partial charge in [0.05, 0.1) is 26.4 Å². The minimum absolute atomic E-state index is 0.167. The largest absolute Gasteiger partial charge is 0.472 e. The molecule has 0 fully saturated rings. The van der Waals surface area contributed by atoms with Crippen molar-refractivity contribution in [2.75, 3.05) is 39.6 Å². The Morgan fingerprint density at radius 1 is 0.386 bits per heavy atom. The Morgan fingerprint density at radius 3 is 0.986 bits per heavy atom. The third-order valence-electron chi connectivity index (χ3n) is 10.0. The van der Waals surface area contributed by atoms with E-state index in [-0.39, 0.29) is 12.8 Å². The van der Waals surface area contributed by atoms with Gasteiger partial charge in [0.1, 0.15) is 31.5 Å². The highest BCUT2D eigenvalue weighted by Gasteiger charge is 2.28. The predicted molar refractivity (Wildman–Crippen MR) is 279 cm³/mol. The van der Waals surface area contributed by atoms with Gasteiger partial charge < -0.3 is 34.6 Å². The van der Waals surface area contributed by atoms with E-state index < -0.39 is 85.5 Å². The van der Waals surface area contributed by atoms with Crippen molar-refractivity contribution in [1.82, 2.24) is 0 Å². The number of allylic oxidation sites excluding steroid dienone is 16. The summed E-state index contributed by atoms with van der Waals surface area (Å²) in [7, 11) is -9.60. The second kappa shape index (κ2) is 48.2. The summed E-state index contributed by atoms with van der Waals surface area (Å²) in [4.78, 5) is 43.8. The second-order valence-corrected chi connectivity index (χ2v) is 19.7. The minimum Gasteiger partial charge on any atom is -0.463 e. The van der Waals surface area contributed by atoms with Crippen LogP contribution in [0, 0.1) is 0 Å². The van der Waals surface area contributed by atoms with E-state index >= 15 is 0 Å². The molecule has 0 aliphatic heterocycles. The normalized spacial score (nSPS) is 15.7. The zero-order chi connectivity index (χ0) is 51.7. The lowest BCUT2D eigenvalue weighted by atomic mass is 10.1. The topological polar surface area (TPSA) is 225 Å². The summed E-state index contributed by atoms with van der Waals surface area (Å²) in [5, 5.41) is 30.1. The second-order valence-electron chi connectivity index (χ2n) is 16.8. The van der Waals surface area contributed by atoms with Crippen molar-refractivity contribution >= 4 is 27.6 Å². The molecule has 15 nitrogen and oxygen atoms in total. The summed E-state index contributed by atoms with van der Waals surface area (Å²) in [6, 6.07) is 0. The number of hydrogen-bond acceptors (Lipinski definition) is 13. The number of carbonyl (C=O) groups excluding carboxylic acids is 2. The van der Waals surface area contributed by atoms with Gasteiger partial charge in [-0.3, -0.25) is 27.7 Å². The predicted octanol–water partition coefficient (Wildman–Crippen LogP) is 12.3. The molecule has 0 heterocycles. The number of ether oxygens (including phenoxy) is 2. The molecule has 402 valence electrons. The molecule has 0 aromatic carbocycles. The smallest absolute Gasteiger partial charge is 0.463 e. The number of esters is 2. The van der Waals surface area contributed by atoms with Gasteiger partial charge in [-0.1, -0.05) is 156 Å². The quantitative estimate of drug-likeness (QED) is 0.0165. The van der Waals surface area contributed by atoms with Gasteiger partial charge in [-0.2, -0.15) is 0 Å². The third-order valence-corrected chi connectivity index (χ3v) is 11.9. The van der Waals surface area contributed by atoms with E-state index in [1.54, 1.807) is 0 Å². The van der Waals surface area contributed by atoms with E-state index in [0.29, 0.717) is 12.8 Å². The summed E-state index contributed by atoms with van der Waals surface area (Å²) in [6.45, 7) is 0.213. The van der Waals surface area contributed by atoms with E-state index in [2.05, 4.69) is 129 Å². The summed E-state index contributed by atoms with van der Waals surface area (Å²) in [5.41, 5.74) is 0. The molecule has 0 rings (SSSR count). The number of phosphoric acid groups is 2. The summed E-state index contributed by atoms with van der Waals surface area (Å²) < 4.78 is 53.0. The van der Waals surface area contributed by atoms with Crippen molar-refractivity contribution < 1.29 is 71.4 Å². The number of carbonyl (C=O) groups is 2. The number of aliphatic hydroxyl groups excluding tert-OH is 3. The molecule has 5 atom stereocenters. The van der Waals surface area contributed by atoms with Crippen molar-refractivity contribution in [3.63, 3.8) is 0 Å². The number of aliphatic hydroxyl groups is 3. The number of hydrogen-bond donors (Lipinski definition) is 5. The van der Waals surface area contributed by atoms with Gasteiger partial charge in [-0.25, -0.2) is 9.13 Å². The van der Waals surface area contributed by atoms with Gasteiger partial charge in [0, 0.05) is 12.8 Å². The number of rotatable bonds is 48. The average molecular weight is 1030 g/mol. The molecular formula is C53H90O15P2. The Balaban J connectivity index is 3.93. The van der Waals surface area contributed by atoms with Crippen molar-refractivity contribution in [3.8, 4) is 0 Å². The lowest BCUT2D eigenvalue weighted by molar-refractivity contribution is -0.148. The van der Waals surface area contributed by atoms with E-state index in [4.69, 9.17) is 9.47 Å². The van der Waals surface area contributed by atoms with E-state index in [1.165, 1.54) is 19.3 Å². The van der Waals surface area contributed by atoms with Crippen LogP contribution in [-0.2, 0) is 46.3 Å². The molecule has 0 bridgehead atoms. The van der Waals surface area contributed by atoms with Crippen molar-refractivity contribution in [3.05, 3.63) is 97.2 Å². The van der Waals surface area contributed by atoms with Crippen LogP contribution in [0.15, 0.2) is 97.2 Å². The Bertz CT molecular complexity index is 1620. The van der Waals surface area contributed by atoms with E-state index in [0.717, 1.165) is 109 Å². The first kappa shape index (κ1) is 67.0. The van der Waals surface area contributed by atoms with Gasteiger partial charge in [-0.05, 0) is 96.3 Å². The highest BCUT2D eigenvalue weighted by atomic mass is 31.2. The van der Waals surface area contributed by atoms with Crippen LogP contribution in [0.1, 0.15) is 168 Å². The van der Waals surface area contributed by atoms with Crippen LogP contribution in [0.4, 0.5) is 0 Å². The summed E-state index contributed by atoms with van der Waals surface area (Å²) >= 11 is 0. The highest BCUT2D eigenvalue weighted by molar-refractivity contribution is 7.47. The monoisotopic (exact) mass is 1030 g/mol. The molecule has 0 aromatic heterocycles. The van der Waals surface area contributed by atoms with Crippen molar-refractivity contribution in [2.24, 2.45) is 0 Å². The molecule has 17 heteroatoms. The Morgan fingerprint density at radius 2 is 0.657 bits per heavy atom. The average Bonchev–Trinajstić information content (AvgIpc) is 3.34. The number of phosphoric ester groups is 2. The maximum atomic E-state index is 12.2. The van der Waals surface area contributed by atoms with Gasteiger partial charge in [0.25, 0.3) is 0 Å². The molecule has 0 radical (unpaired) electrons. The lowest BCUT2D eigenvalue weighted by Gasteiger charge is -2.19. The van der Waals surface area contributed by atoms with Crippen LogP contribution < -0.4 is 0 Å². The van der Waals surface area contributed by atoms with E-state index in [1.807, 2.05) is 0 Å². The fourth-order valence-electron chi connectivity index (χ4n) is 6.07. The summed E-state index contributed by atoms with van der Waals surface area (Å²) in [6.07, 6.45) is 52.4. The standard InChI is InChI=1S/C53H90O15P2/c1-3-5-7-9-11-13-15-17-19-21-22-23-24-26-28-30-32-34-36-38-40-42-53(58)64-44-50(55)46-66-70(61,62)68-48-51(56)47-67-69(59,60)65-45-49(54)43-63-52(57)41-39-37-35-33-31-29-27-25-20-18-16-14-12-10-8-6-4-2/h5,7,11-14,17-20,22-23,26-29,49-51,54-56H,3-4,6,8-10,15-16,21,24-25,30-48H2,1-2H3,(H,59,60)(H,61,62)/b7-5-,13-11-,14-12-,19-17-,20-18-,23-22-,28-26-,29-27-. The van der Waals surface area contributed by atoms with Crippen LogP contribution >= 0.6 is 15.6 Å². The maximum Gasteiger partial charge on any atom is 0.472 e. The zero-order valence-electron chi connectivity index (χ0n) is 42.4. The fraction of sp³-hybridized carbons (Fsp3) is 0.660. The first-order valence-corrected chi connectivity index (χ1v) is 28.6. The molecule has 0 aliphatic carbocycles. The lowest BCUT2D eigenvalue weighted by Crippen LogP contribution is -2.25. The van der Waals surface area contributed by atoms with Crippen molar-refractivity contribution in [1.29, 1.82) is 0 Å². The Kier molecular flexibility index (Phi) is 46.1. The van der Waals surface area contributed by atoms with Crippen LogP contribution in [0.25, 0.3) is 0 Å². The Hall–Kier alpha value is -3.04. The van der Waals surface area contributed by atoms with Crippen LogP contribution in [0.2, 0.25) is 0 Å². The zero-order valence-corrected chi connectivity index (χ0v) is 44.2. The summed E-state index contributed by atoms with van der Waals surface area (Å²) in [5.74, 6) is -1.04. The van der Waals surface area contributed by atoms with Gasteiger partial charge >= 0.3 is 27.6 Å². The van der Waals surface area contributed by atoms with Crippen LogP contribution in [0.5, 0.6) is 0 Å². The Labute approximate surface area is 420 Å².